The highest BCUT2D eigenvalue weighted by atomic mass is 32.2. The highest BCUT2D eigenvalue weighted by Gasteiger charge is 2.23. The first-order valence-electron chi connectivity index (χ1n) is 8.70. The van der Waals surface area contributed by atoms with Gasteiger partial charge in [0.05, 0.1) is 21.0 Å². The lowest BCUT2D eigenvalue weighted by Crippen LogP contribution is -2.26. The lowest BCUT2D eigenvalue weighted by molar-refractivity contribution is 0.0475. The number of nitrogens with zero attached hydrogens (tertiary/aromatic N) is 1. The standard InChI is InChI=1S/C21H19NO5S2/c1-15-11-12-20(28-15)19(23)14-27-21(24)16-7-6-10-18(13-16)29(25,26)22(2)17-8-4-3-5-9-17/h3-13H,14H2,1-2H3. The van der Waals surface area contributed by atoms with Crippen LogP contribution in [0.4, 0.5) is 5.69 Å². The van der Waals surface area contributed by atoms with Gasteiger partial charge >= 0.3 is 5.97 Å². The Morgan fingerprint density at radius 3 is 2.38 bits per heavy atom. The molecule has 0 aliphatic heterocycles. The molecule has 150 valence electrons. The number of carbonyl (C=O) groups is 2. The van der Waals surface area contributed by atoms with E-state index in [4.69, 9.17) is 4.74 Å². The van der Waals surface area contributed by atoms with Gasteiger partial charge in [-0.05, 0) is 49.4 Å². The minimum Gasteiger partial charge on any atom is -0.454 e. The molecule has 0 fully saturated rings. The first-order chi connectivity index (χ1) is 13.8. The van der Waals surface area contributed by atoms with Crippen molar-refractivity contribution in [1.82, 2.24) is 0 Å². The molecule has 0 spiro atoms. The fraction of sp³-hybridized carbons (Fsp3) is 0.143. The molecule has 3 rings (SSSR count). The van der Waals surface area contributed by atoms with Gasteiger partial charge in [-0.2, -0.15) is 0 Å². The van der Waals surface area contributed by atoms with Crippen LogP contribution >= 0.6 is 11.3 Å². The van der Waals surface area contributed by atoms with Crippen molar-refractivity contribution >= 4 is 38.8 Å². The summed E-state index contributed by atoms with van der Waals surface area (Å²) in [4.78, 5) is 25.9. The first-order valence-corrected chi connectivity index (χ1v) is 11.0. The third-order valence-corrected chi connectivity index (χ3v) is 7.02. The van der Waals surface area contributed by atoms with E-state index >= 15 is 0 Å². The van der Waals surface area contributed by atoms with Gasteiger partial charge in [0, 0.05) is 11.9 Å². The maximum Gasteiger partial charge on any atom is 0.338 e. The molecular weight excluding hydrogens is 410 g/mol. The van der Waals surface area contributed by atoms with E-state index in [1.54, 1.807) is 36.4 Å². The van der Waals surface area contributed by atoms with Crippen molar-refractivity contribution in [2.24, 2.45) is 0 Å². The number of thiophene rings is 1. The fourth-order valence-electron chi connectivity index (χ4n) is 2.59. The zero-order chi connectivity index (χ0) is 21.0. The van der Waals surface area contributed by atoms with E-state index in [0.717, 1.165) is 9.18 Å². The Morgan fingerprint density at radius 1 is 1.00 bits per heavy atom. The monoisotopic (exact) mass is 429 g/mol. The Kier molecular flexibility index (Phi) is 6.14. The number of hydrogen-bond acceptors (Lipinski definition) is 6. The van der Waals surface area contributed by atoms with E-state index < -0.39 is 22.6 Å². The zero-order valence-electron chi connectivity index (χ0n) is 15.9. The normalized spacial score (nSPS) is 11.1. The van der Waals surface area contributed by atoms with Crippen LogP contribution < -0.4 is 4.31 Å². The van der Waals surface area contributed by atoms with Gasteiger partial charge in [-0.3, -0.25) is 9.10 Å². The molecule has 2 aromatic carbocycles. The van der Waals surface area contributed by atoms with Crippen LogP contribution in [0.25, 0.3) is 0 Å². The van der Waals surface area contributed by atoms with Crippen LogP contribution in [-0.4, -0.2) is 33.8 Å². The molecule has 0 aliphatic rings. The van der Waals surface area contributed by atoms with E-state index in [2.05, 4.69) is 0 Å². The van der Waals surface area contributed by atoms with Crippen molar-refractivity contribution in [3.63, 3.8) is 0 Å². The topological polar surface area (TPSA) is 80.8 Å². The van der Waals surface area contributed by atoms with Gasteiger partial charge in [-0.15, -0.1) is 11.3 Å². The molecule has 0 N–H and O–H groups in total. The number of esters is 1. The predicted octanol–water partition coefficient (Wildman–Crippen LogP) is 3.92. The molecule has 0 atom stereocenters. The summed E-state index contributed by atoms with van der Waals surface area (Å²) >= 11 is 1.32. The molecule has 1 aromatic heterocycles. The predicted molar refractivity (Wildman–Crippen MR) is 112 cm³/mol. The smallest absolute Gasteiger partial charge is 0.338 e. The van der Waals surface area contributed by atoms with E-state index in [-0.39, 0.29) is 16.2 Å². The van der Waals surface area contributed by atoms with Crippen LogP contribution in [0.1, 0.15) is 24.9 Å². The van der Waals surface area contributed by atoms with Gasteiger partial charge in [0.2, 0.25) is 5.78 Å². The highest BCUT2D eigenvalue weighted by molar-refractivity contribution is 7.92. The molecule has 0 saturated carbocycles. The largest absolute Gasteiger partial charge is 0.454 e. The maximum absolute atomic E-state index is 12.9. The minimum absolute atomic E-state index is 0.0430. The second-order valence-electron chi connectivity index (χ2n) is 6.25. The van der Waals surface area contributed by atoms with Gasteiger partial charge in [0.25, 0.3) is 10.0 Å². The molecule has 0 amide bonds. The van der Waals surface area contributed by atoms with Crippen LogP contribution in [0, 0.1) is 6.92 Å². The van der Waals surface area contributed by atoms with Gasteiger partial charge in [-0.25, -0.2) is 13.2 Å². The van der Waals surface area contributed by atoms with E-state index in [0.29, 0.717) is 10.6 Å². The van der Waals surface area contributed by atoms with Crippen LogP contribution in [0.15, 0.2) is 71.6 Å². The van der Waals surface area contributed by atoms with Crippen LogP contribution in [-0.2, 0) is 14.8 Å². The molecule has 0 saturated heterocycles. The quantitative estimate of drug-likeness (QED) is 0.420. The van der Waals surface area contributed by atoms with E-state index in [1.165, 1.54) is 42.6 Å². The van der Waals surface area contributed by atoms with E-state index in [9.17, 15) is 18.0 Å². The zero-order valence-corrected chi connectivity index (χ0v) is 17.5. The average molecular weight is 430 g/mol. The molecule has 0 unspecified atom stereocenters. The molecule has 0 bridgehead atoms. The number of hydrogen-bond donors (Lipinski definition) is 0. The fourth-order valence-corrected chi connectivity index (χ4v) is 4.62. The Labute approximate surface area is 173 Å². The molecular formula is C21H19NO5S2. The van der Waals surface area contributed by atoms with Gasteiger partial charge in [0.15, 0.2) is 6.61 Å². The number of carbonyl (C=O) groups excluding carboxylic acids is 2. The SMILES string of the molecule is Cc1ccc(C(=O)COC(=O)c2cccc(S(=O)(=O)N(C)c3ccccc3)c2)s1. The summed E-state index contributed by atoms with van der Waals surface area (Å²) in [6.45, 7) is 1.48. The summed E-state index contributed by atoms with van der Waals surface area (Å²) in [6, 6.07) is 17.7. The molecule has 0 aliphatic carbocycles. The number of anilines is 1. The van der Waals surface area contributed by atoms with E-state index in [1.807, 2.05) is 13.0 Å². The second-order valence-corrected chi connectivity index (χ2v) is 9.50. The number of benzene rings is 2. The average Bonchev–Trinajstić information content (AvgIpc) is 3.18. The molecule has 6 nitrogen and oxygen atoms in total. The van der Waals surface area contributed by atoms with Crippen molar-refractivity contribution < 1.29 is 22.7 Å². The van der Waals surface area contributed by atoms with Crippen molar-refractivity contribution in [2.45, 2.75) is 11.8 Å². The number of rotatable bonds is 7. The lowest BCUT2D eigenvalue weighted by Gasteiger charge is -2.19. The summed E-state index contributed by atoms with van der Waals surface area (Å²) in [5, 5.41) is 0. The van der Waals surface area contributed by atoms with Crippen LogP contribution in [0.2, 0.25) is 0 Å². The summed E-state index contributed by atoms with van der Waals surface area (Å²) in [5.41, 5.74) is 0.556. The summed E-state index contributed by atoms with van der Waals surface area (Å²) in [6.07, 6.45) is 0. The molecule has 0 radical (unpaired) electrons. The molecule has 3 aromatic rings. The molecule has 8 heteroatoms. The number of Topliss-reactive ketones (excluding diaryl/α,β-unsaturated/α-hetero) is 1. The minimum atomic E-state index is -3.86. The Morgan fingerprint density at radius 2 is 1.72 bits per heavy atom. The van der Waals surface area contributed by atoms with Crippen molar-refractivity contribution in [3.8, 4) is 0 Å². The second kappa shape index (κ2) is 8.59. The Hall–Kier alpha value is -2.97. The maximum atomic E-state index is 12.9. The summed E-state index contributed by atoms with van der Waals surface area (Å²) in [7, 11) is -2.42. The number of aryl methyl sites for hydroxylation is 1. The van der Waals surface area contributed by atoms with Crippen molar-refractivity contribution in [1.29, 1.82) is 0 Å². The lowest BCUT2D eigenvalue weighted by atomic mass is 10.2. The van der Waals surface area contributed by atoms with Crippen molar-refractivity contribution in [2.75, 3.05) is 18.0 Å². The number of ketones is 1. The third-order valence-electron chi connectivity index (χ3n) is 4.20. The first kappa shape index (κ1) is 20.8. The molecule has 1 heterocycles. The van der Waals surface area contributed by atoms with Crippen LogP contribution in [0.5, 0.6) is 0 Å². The Balaban J connectivity index is 1.74. The molecule has 29 heavy (non-hydrogen) atoms. The summed E-state index contributed by atoms with van der Waals surface area (Å²) < 4.78 is 32.0. The number of sulfonamides is 1. The van der Waals surface area contributed by atoms with Gasteiger partial charge in [0.1, 0.15) is 0 Å². The third kappa shape index (κ3) is 4.72. The van der Waals surface area contributed by atoms with Crippen molar-refractivity contribution in [3.05, 3.63) is 82.0 Å². The van der Waals surface area contributed by atoms with Gasteiger partial charge < -0.3 is 4.74 Å². The Bertz CT molecular complexity index is 1140. The summed E-state index contributed by atoms with van der Waals surface area (Å²) in [5.74, 6) is -1.06. The highest BCUT2D eigenvalue weighted by Crippen LogP contribution is 2.22. The number of para-hydroxylation sites is 1. The van der Waals surface area contributed by atoms with Gasteiger partial charge in [-0.1, -0.05) is 24.3 Å². The number of ether oxygens (including phenoxy) is 1. The van der Waals surface area contributed by atoms with Crippen LogP contribution in [0.3, 0.4) is 0 Å².